The van der Waals surface area contributed by atoms with Crippen LogP contribution in [-0.2, 0) is 6.54 Å². The molecule has 0 unspecified atom stereocenters. The highest BCUT2D eigenvalue weighted by molar-refractivity contribution is 5.94. The molecule has 0 aliphatic heterocycles. The van der Waals surface area contributed by atoms with Gasteiger partial charge in [-0.2, -0.15) is 0 Å². The van der Waals surface area contributed by atoms with Crippen molar-refractivity contribution in [2.24, 2.45) is 0 Å². The Bertz CT molecular complexity index is 537. The zero-order chi connectivity index (χ0) is 13.0. The van der Waals surface area contributed by atoms with Crippen molar-refractivity contribution in [2.45, 2.75) is 13.5 Å². The molecule has 2 aromatic rings. The molecule has 0 aliphatic carbocycles. The highest BCUT2D eigenvalue weighted by Gasteiger charge is 2.11. The van der Waals surface area contributed by atoms with E-state index in [9.17, 15) is 4.79 Å². The topological polar surface area (TPSA) is 33.2 Å². The number of carbonyl (C=O) groups excluding carboxylic acids is 1. The SMILES string of the molecule is Cc1cccc(C(=O)N(C)Cc2ccncc2)c1. The van der Waals surface area contributed by atoms with Gasteiger partial charge in [0.25, 0.3) is 5.91 Å². The van der Waals surface area contributed by atoms with Crippen molar-refractivity contribution in [3.63, 3.8) is 0 Å². The molecule has 3 heteroatoms. The minimum Gasteiger partial charge on any atom is -0.337 e. The van der Waals surface area contributed by atoms with E-state index in [0.717, 1.165) is 16.7 Å². The molecule has 1 heterocycles. The molecule has 1 amide bonds. The van der Waals surface area contributed by atoms with Crippen LogP contribution in [0.2, 0.25) is 0 Å². The first-order valence-corrected chi connectivity index (χ1v) is 5.88. The maximum atomic E-state index is 12.2. The molecule has 0 radical (unpaired) electrons. The molecule has 0 spiro atoms. The standard InChI is InChI=1S/C15H16N2O/c1-12-4-3-5-14(10-12)15(18)17(2)11-13-6-8-16-9-7-13/h3-10H,11H2,1-2H3. The second-order valence-corrected chi connectivity index (χ2v) is 4.39. The van der Waals surface area contributed by atoms with Gasteiger partial charge in [0, 0.05) is 31.5 Å². The number of pyridine rings is 1. The third-order valence-electron chi connectivity index (χ3n) is 2.78. The lowest BCUT2D eigenvalue weighted by Crippen LogP contribution is -2.26. The third-order valence-corrected chi connectivity index (χ3v) is 2.78. The first kappa shape index (κ1) is 12.3. The zero-order valence-electron chi connectivity index (χ0n) is 10.6. The van der Waals surface area contributed by atoms with E-state index in [2.05, 4.69) is 4.98 Å². The highest BCUT2D eigenvalue weighted by atomic mass is 16.2. The van der Waals surface area contributed by atoms with E-state index < -0.39 is 0 Å². The Hall–Kier alpha value is -2.16. The van der Waals surface area contributed by atoms with Crippen LogP contribution in [0, 0.1) is 6.92 Å². The van der Waals surface area contributed by atoms with E-state index in [-0.39, 0.29) is 5.91 Å². The largest absolute Gasteiger partial charge is 0.337 e. The van der Waals surface area contributed by atoms with Crippen LogP contribution in [0.25, 0.3) is 0 Å². The van der Waals surface area contributed by atoms with Crippen molar-refractivity contribution in [3.05, 3.63) is 65.5 Å². The number of amides is 1. The Kier molecular flexibility index (Phi) is 3.72. The molecule has 2 rings (SSSR count). The molecular weight excluding hydrogens is 224 g/mol. The molecule has 0 atom stereocenters. The Labute approximate surface area is 107 Å². The summed E-state index contributed by atoms with van der Waals surface area (Å²) < 4.78 is 0. The maximum absolute atomic E-state index is 12.2. The van der Waals surface area contributed by atoms with E-state index in [1.54, 1.807) is 17.3 Å². The van der Waals surface area contributed by atoms with Gasteiger partial charge in [0.1, 0.15) is 0 Å². The van der Waals surface area contributed by atoms with Crippen LogP contribution < -0.4 is 0 Å². The average Bonchev–Trinajstić information content (AvgIpc) is 2.39. The quantitative estimate of drug-likeness (QED) is 0.826. The number of hydrogen-bond donors (Lipinski definition) is 0. The van der Waals surface area contributed by atoms with Crippen LogP contribution in [0.15, 0.2) is 48.8 Å². The van der Waals surface area contributed by atoms with Crippen molar-refractivity contribution in [3.8, 4) is 0 Å². The molecule has 0 saturated heterocycles. The van der Waals surface area contributed by atoms with Crippen LogP contribution in [0.1, 0.15) is 21.5 Å². The number of carbonyl (C=O) groups is 1. The van der Waals surface area contributed by atoms with Crippen LogP contribution in [-0.4, -0.2) is 22.8 Å². The number of hydrogen-bond acceptors (Lipinski definition) is 2. The predicted octanol–water partition coefficient (Wildman–Crippen LogP) is 2.66. The number of rotatable bonds is 3. The van der Waals surface area contributed by atoms with Gasteiger partial charge in [0.2, 0.25) is 0 Å². The molecule has 0 saturated carbocycles. The van der Waals surface area contributed by atoms with E-state index in [1.807, 2.05) is 50.4 Å². The zero-order valence-corrected chi connectivity index (χ0v) is 10.6. The molecule has 92 valence electrons. The summed E-state index contributed by atoms with van der Waals surface area (Å²) in [6.07, 6.45) is 3.47. The number of benzene rings is 1. The van der Waals surface area contributed by atoms with Gasteiger partial charge in [0.15, 0.2) is 0 Å². The molecule has 1 aromatic carbocycles. The fourth-order valence-corrected chi connectivity index (χ4v) is 1.83. The minimum atomic E-state index is 0.0375. The monoisotopic (exact) mass is 240 g/mol. The summed E-state index contributed by atoms with van der Waals surface area (Å²) in [6, 6.07) is 11.5. The van der Waals surface area contributed by atoms with Gasteiger partial charge in [-0.25, -0.2) is 0 Å². The van der Waals surface area contributed by atoms with E-state index in [1.165, 1.54) is 0 Å². The number of aryl methyl sites for hydroxylation is 1. The molecule has 0 fully saturated rings. The predicted molar refractivity (Wildman–Crippen MR) is 71.2 cm³/mol. The summed E-state index contributed by atoms with van der Waals surface area (Å²) in [6.45, 7) is 2.58. The lowest BCUT2D eigenvalue weighted by molar-refractivity contribution is 0.0785. The van der Waals surface area contributed by atoms with Gasteiger partial charge in [0.05, 0.1) is 0 Å². The Morgan fingerprint density at radius 3 is 2.61 bits per heavy atom. The van der Waals surface area contributed by atoms with Crippen molar-refractivity contribution < 1.29 is 4.79 Å². The smallest absolute Gasteiger partial charge is 0.253 e. The van der Waals surface area contributed by atoms with Crippen molar-refractivity contribution in [1.29, 1.82) is 0 Å². The summed E-state index contributed by atoms with van der Waals surface area (Å²) in [5, 5.41) is 0. The lowest BCUT2D eigenvalue weighted by atomic mass is 10.1. The Balaban J connectivity index is 2.10. The van der Waals surface area contributed by atoms with Gasteiger partial charge in [-0.15, -0.1) is 0 Å². The van der Waals surface area contributed by atoms with E-state index >= 15 is 0 Å². The molecule has 0 bridgehead atoms. The first-order valence-electron chi connectivity index (χ1n) is 5.88. The van der Waals surface area contributed by atoms with Gasteiger partial charge in [-0.1, -0.05) is 17.7 Å². The molecule has 18 heavy (non-hydrogen) atoms. The Morgan fingerprint density at radius 2 is 1.94 bits per heavy atom. The van der Waals surface area contributed by atoms with Gasteiger partial charge < -0.3 is 4.90 Å². The van der Waals surface area contributed by atoms with Gasteiger partial charge >= 0.3 is 0 Å². The van der Waals surface area contributed by atoms with Crippen LogP contribution in [0.3, 0.4) is 0 Å². The highest BCUT2D eigenvalue weighted by Crippen LogP contribution is 2.09. The van der Waals surface area contributed by atoms with Crippen molar-refractivity contribution in [1.82, 2.24) is 9.88 Å². The molecule has 3 nitrogen and oxygen atoms in total. The maximum Gasteiger partial charge on any atom is 0.253 e. The average molecular weight is 240 g/mol. The Morgan fingerprint density at radius 1 is 1.22 bits per heavy atom. The van der Waals surface area contributed by atoms with Crippen LogP contribution >= 0.6 is 0 Å². The summed E-state index contributed by atoms with van der Waals surface area (Å²) in [5.74, 6) is 0.0375. The normalized spacial score (nSPS) is 10.1. The molecule has 0 aliphatic rings. The summed E-state index contributed by atoms with van der Waals surface area (Å²) >= 11 is 0. The lowest BCUT2D eigenvalue weighted by Gasteiger charge is -2.17. The van der Waals surface area contributed by atoms with Crippen LogP contribution in [0.4, 0.5) is 0 Å². The minimum absolute atomic E-state index is 0.0375. The van der Waals surface area contributed by atoms with E-state index in [4.69, 9.17) is 0 Å². The van der Waals surface area contributed by atoms with Crippen LogP contribution in [0.5, 0.6) is 0 Å². The van der Waals surface area contributed by atoms with Crippen molar-refractivity contribution in [2.75, 3.05) is 7.05 Å². The first-order chi connectivity index (χ1) is 8.66. The number of aromatic nitrogens is 1. The molecule has 0 N–H and O–H groups in total. The van der Waals surface area contributed by atoms with Gasteiger partial charge in [-0.3, -0.25) is 9.78 Å². The summed E-state index contributed by atoms with van der Waals surface area (Å²) in [4.78, 5) is 17.9. The third kappa shape index (κ3) is 2.94. The van der Waals surface area contributed by atoms with Gasteiger partial charge in [-0.05, 0) is 36.8 Å². The second-order valence-electron chi connectivity index (χ2n) is 4.39. The van der Waals surface area contributed by atoms with Crippen molar-refractivity contribution >= 4 is 5.91 Å². The number of nitrogens with zero attached hydrogens (tertiary/aromatic N) is 2. The second kappa shape index (κ2) is 5.45. The summed E-state index contributed by atoms with van der Waals surface area (Å²) in [7, 11) is 1.81. The fourth-order valence-electron chi connectivity index (χ4n) is 1.83. The van der Waals surface area contributed by atoms with E-state index in [0.29, 0.717) is 6.54 Å². The molecular formula is C15H16N2O. The summed E-state index contributed by atoms with van der Waals surface area (Å²) in [5.41, 5.74) is 2.90. The molecule has 1 aromatic heterocycles. The fraction of sp³-hybridized carbons (Fsp3) is 0.200.